The quantitative estimate of drug-likeness (QED) is 0.368. The third-order valence-electron chi connectivity index (χ3n) is 3.88. The number of aliphatic hydroxyl groups excluding tert-OH is 1. The molecule has 2 heterocycles. The van der Waals surface area contributed by atoms with Crippen molar-refractivity contribution in [1.82, 2.24) is 19.5 Å². The number of fused-ring (bicyclic) bond motifs is 1. The number of anilines is 1. The Morgan fingerprint density at radius 2 is 2.27 bits per heavy atom. The molecule has 22 heavy (non-hydrogen) atoms. The van der Waals surface area contributed by atoms with Crippen molar-refractivity contribution in [3.63, 3.8) is 0 Å². The fourth-order valence-corrected chi connectivity index (χ4v) is 3.72. The predicted molar refractivity (Wildman–Crippen MR) is 88.7 cm³/mol. The SMILES string of the molecule is CCCCSc1nc(N)nc2c1ncn2C1C=CC(CO)C1. The molecule has 3 rings (SSSR count). The molecule has 2 atom stereocenters. The summed E-state index contributed by atoms with van der Waals surface area (Å²) in [4.78, 5) is 13.2. The van der Waals surface area contributed by atoms with Crippen LogP contribution in [0.2, 0.25) is 0 Å². The van der Waals surface area contributed by atoms with Gasteiger partial charge in [-0.3, -0.25) is 0 Å². The van der Waals surface area contributed by atoms with Crippen molar-refractivity contribution < 1.29 is 5.11 Å². The van der Waals surface area contributed by atoms with E-state index in [0.29, 0.717) is 0 Å². The zero-order valence-corrected chi connectivity index (χ0v) is 13.5. The van der Waals surface area contributed by atoms with Crippen molar-refractivity contribution in [1.29, 1.82) is 0 Å². The first-order valence-electron chi connectivity index (χ1n) is 7.65. The minimum atomic E-state index is 0.171. The highest BCUT2D eigenvalue weighted by atomic mass is 32.2. The molecule has 1 aliphatic rings. The summed E-state index contributed by atoms with van der Waals surface area (Å²) in [6, 6.07) is 0.171. The van der Waals surface area contributed by atoms with Crippen LogP contribution in [0.4, 0.5) is 5.95 Å². The van der Waals surface area contributed by atoms with E-state index < -0.39 is 0 Å². The molecule has 0 fully saturated rings. The Morgan fingerprint density at radius 3 is 3.00 bits per heavy atom. The zero-order valence-electron chi connectivity index (χ0n) is 12.6. The number of nitrogens with zero attached hydrogens (tertiary/aromatic N) is 4. The van der Waals surface area contributed by atoms with Gasteiger partial charge in [0, 0.05) is 12.5 Å². The monoisotopic (exact) mass is 319 g/mol. The summed E-state index contributed by atoms with van der Waals surface area (Å²) in [6.45, 7) is 2.35. The molecular weight excluding hydrogens is 298 g/mol. The maximum absolute atomic E-state index is 9.28. The molecule has 3 N–H and O–H groups in total. The van der Waals surface area contributed by atoms with Gasteiger partial charge in [0.1, 0.15) is 10.5 Å². The van der Waals surface area contributed by atoms with E-state index >= 15 is 0 Å². The van der Waals surface area contributed by atoms with Gasteiger partial charge in [0.15, 0.2) is 5.65 Å². The lowest BCUT2D eigenvalue weighted by molar-refractivity contribution is 0.244. The van der Waals surface area contributed by atoms with E-state index in [9.17, 15) is 5.11 Å². The zero-order chi connectivity index (χ0) is 15.5. The number of aromatic nitrogens is 4. The molecule has 2 aromatic heterocycles. The van der Waals surface area contributed by atoms with Gasteiger partial charge < -0.3 is 15.4 Å². The molecule has 0 saturated carbocycles. The summed E-state index contributed by atoms with van der Waals surface area (Å²) in [6.07, 6.45) is 9.12. The summed E-state index contributed by atoms with van der Waals surface area (Å²) >= 11 is 1.68. The number of nitrogens with two attached hydrogens (primary N) is 1. The number of allylic oxidation sites excluding steroid dienone is 1. The van der Waals surface area contributed by atoms with Gasteiger partial charge in [-0.05, 0) is 18.6 Å². The van der Waals surface area contributed by atoms with E-state index in [1.807, 2.05) is 4.57 Å². The second kappa shape index (κ2) is 6.66. The van der Waals surface area contributed by atoms with E-state index in [4.69, 9.17) is 5.73 Å². The molecule has 0 amide bonds. The first-order valence-corrected chi connectivity index (χ1v) is 8.63. The average Bonchev–Trinajstić information content (AvgIpc) is 3.13. The second-order valence-corrected chi connectivity index (χ2v) is 6.63. The Bertz CT molecular complexity index is 684. The number of aliphatic hydroxyl groups is 1. The fourth-order valence-electron chi connectivity index (χ4n) is 2.66. The fraction of sp³-hybridized carbons (Fsp3) is 0.533. The van der Waals surface area contributed by atoms with Crippen LogP contribution in [-0.4, -0.2) is 37.0 Å². The van der Waals surface area contributed by atoms with Crippen LogP contribution in [-0.2, 0) is 0 Å². The Balaban J connectivity index is 1.92. The minimum absolute atomic E-state index is 0.171. The molecule has 7 heteroatoms. The molecule has 6 nitrogen and oxygen atoms in total. The molecule has 0 bridgehead atoms. The Hall–Kier alpha value is -1.60. The summed E-state index contributed by atoms with van der Waals surface area (Å²) in [7, 11) is 0. The van der Waals surface area contributed by atoms with Crippen molar-refractivity contribution >= 4 is 28.9 Å². The van der Waals surface area contributed by atoms with Gasteiger partial charge in [-0.1, -0.05) is 25.5 Å². The van der Waals surface area contributed by atoms with Gasteiger partial charge in [0.2, 0.25) is 5.95 Å². The van der Waals surface area contributed by atoms with Crippen LogP contribution >= 0.6 is 11.8 Å². The first kappa shape index (κ1) is 15.3. The maximum Gasteiger partial charge on any atom is 0.223 e. The maximum atomic E-state index is 9.28. The molecular formula is C15H21N5OS. The van der Waals surface area contributed by atoms with E-state index in [-0.39, 0.29) is 24.5 Å². The molecule has 0 spiro atoms. The minimum Gasteiger partial charge on any atom is -0.396 e. The molecule has 2 unspecified atom stereocenters. The number of imidazole rings is 1. The molecule has 0 radical (unpaired) electrons. The number of thioether (sulfide) groups is 1. The van der Waals surface area contributed by atoms with Crippen LogP contribution in [0.15, 0.2) is 23.5 Å². The standard InChI is InChI=1S/C15H21N5OS/c1-2-3-6-22-14-12-13(18-15(16)19-14)20(9-17-12)11-5-4-10(7-11)8-21/h4-5,9-11,21H,2-3,6-8H2,1H3,(H2,16,18,19). The van der Waals surface area contributed by atoms with Gasteiger partial charge in [0.05, 0.1) is 12.4 Å². The normalized spacial score (nSPS) is 21.0. The molecule has 1 aliphatic carbocycles. The smallest absolute Gasteiger partial charge is 0.223 e. The largest absolute Gasteiger partial charge is 0.396 e. The van der Waals surface area contributed by atoms with Gasteiger partial charge >= 0.3 is 0 Å². The Morgan fingerprint density at radius 1 is 1.41 bits per heavy atom. The third kappa shape index (κ3) is 2.96. The Kier molecular flexibility index (Phi) is 4.63. The van der Waals surface area contributed by atoms with Crippen molar-refractivity contribution in [3.05, 3.63) is 18.5 Å². The van der Waals surface area contributed by atoms with Gasteiger partial charge in [-0.2, -0.15) is 4.98 Å². The number of hydrogen-bond donors (Lipinski definition) is 2. The third-order valence-corrected chi connectivity index (χ3v) is 4.94. The number of rotatable bonds is 6. The lowest BCUT2D eigenvalue weighted by atomic mass is 10.1. The summed E-state index contributed by atoms with van der Waals surface area (Å²) in [5, 5.41) is 10.1. The predicted octanol–water partition coefficient (Wildman–Crippen LogP) is 2.41. The molecule has 0 aromatic carbocycles. The van der Waals surface area contributed by atoms with Gasteiger partial charge in [-0.25, -0.2) is 9.97 Å². The lowest BCUT2D eigenvalue weighted by Gasteiger charge is -2.12. The lowest BCUT2D eigenvalue weighted by Crippen LogP contribution is -2.08. The van der Waals surface area contributed by atoms with Gasteiger partial charge in [-0.15, -0.1) is 11.8 Å². The van der Waals surface area contributed by atoms with E-state index in [2.05, 4.69) is 34.0 Å². The number of unbranched alkanes of at least 4 members (excludes halogenated alkanes) is 1. The van der Waals surface area contributed by atoms with Crippen LogP contribution in [0.1, 0.15) is 32.2 Å². The topological polar surface area (TPSA) is 89.9 Å². The van der Waals surface area contributed by atoms with Crippen LogP contribution in [0, 0.1) is 5.92 Å². The first-order chi connectivity index (χ1) is 10.7. The van der Waals surface area contributed by atoms with E-state index in [0.717, 1.165) is 41.2 Å². The van der Waals surface area contributed by atoms with Crippen molar-refractivity contribution in [3.8, 4) is 0 Å². The number of nitrogen functional groups attached to an aromatic ring is 1. The number of hydrogen-bond acceptors (Lipinski definition) is 6. The highest BCUT2D eigenvalue weighted by Crippen LogP contribution is 2.32. The summed E-state index contributed by atoms with van der Waals surface area (Å²) in [5.41, 5.74) is 7.47. The summed E-state index contributed by atoms with van der Waals surface area (Å²) < 4.78 is 2.03. The van der Waals surface area contributed by atoms with Crippen molar-refractivity contribution in [2.45, 2.75) is 37.3 Å². The molecule has 118 valence electrons. The highest BCUT2D eigenvalue weighted by molar-refractivity contribution is 7.99. The van der Waals surface area contributed by atoms with Crippen LogP contribution in [0.5, 0.6) is 0 Å². The van der Waals surface area contributed by atoms with E-state index in [1.54, 1.807) is 18.1 Å². The van der Waals surface area contributed by atoms with Crippen molar-refractivity contribution in [2.75, 3.05) is 18.1 Å². The van der Waals surface area contributed by atoms with Gasteiger partial charge in [0.25, 0.3) is 0 Å². The molecule has 2 aromatic rings. The van der Waals surface area contributed by atoms with Crippen LogP contribution < -0.4 is 5.73 Å². The average molecular weight is 319 g/mol. The van der Waals surface area contributed by atoms with Crippen LogP contribution in [0.3, 0.4) is 0 Å². The summed E-state index contributed by atoms with van der Waals surface area (Å²) in [5.74, 6) is 1.50. The van der Waals surface area contributed by atoms with E-state index in [1.165, 1.54) is 0 Å². The van der Waals surface area contributed by atoms with Crippen molar-refractivity contribution in [2.24, 2.45) is 5.92 Å². The Labute approximate surface area is 133 Å². The van der Waals surface area contributed by atoms with Crippen LogP contribution in [0.25, 0.3) is 11.2 Å². The molecule has 0 saturated heterocycles. The highest BCUT2D eigenvalue weighted by Gasteiger charge is 2.23. The molecule has 0 aliphatic heterocycles. The second-order valence-electron chi connectivity index (χ2n) is 5.54.